The molecule has 6 nitrogen and oxygen atoms in total. The molecule has 0 aliphatic carbocycles. The highest BCUT2D eigenvalue weighted by Crippen LogP contribution is 2.15. The second-order valence-electron chi connectivity index (χ2n) is 5.96. The quantitative estimate of drug-likeness (QED) is 0.663. The number of carbonyl (C=O) groups is 3. The third kappa shape index (κ3) is 7.73. The van der Waals surface area contributed by atoms with Gasteiger partial charge in [-0.2, -0.15) is 0 Å². The third-order valence-corrected chi connectivity index (χ3v) is 3.80. The Labute approximate surface area is 158 Å². The number of aryl methyl sites for hydroxylation is 1. The van der Waals surface area contributed by atoms with Crippen LogP contribution in [0.15, 0.2) is 54.6 Å². The van der Waals surface area contributed by atoms with Gasteiger partial charge in [-0.1, -0.05) is 30.3 Å². The lowest BCUT2D eigenvalue weighted by Crippen LogP contribution is -2.15. The average molecular weight is 368 g/mol. The van der Waals surface area contributed by atoms with E-state index in [0.29, 0.717) is 30.8 Å². The molecule has 0 aromatic heterocycles. The molecule has 0 radical (unpaired) electrons. The average Bonchev–Trinajstić information content (AvgIpc) is 2.67. The van der Waals surface area contributed by atoms with Crippen LogP contribution < -0.4 is 10.6 Å². The Kier molecular flexibility index (Phi) is 8.03. The number of benzene rings is 2. The van der Waals surface area contributed by atoms with Crippen LogP contribution >= 0.6 is 0 Å². The maximum Gasteiger partial charge on any atom is 0.306 e. The summed E-state index contributed by atoms with van der Waals surface area (Å²) >= 11 is 0. The smallest absolute Gasteiger partial charge is 0.306 e. The fourth-order valence-electron chi connectivity index (χ4n) is 2.44. The van der Waals surface area contributed by atoms with Gasteiger partial charge in [0.2, 0.25) is 11.8 Å². The van der Waals surface area contributed by atoms with Gasteiger partial charge in [-0.15, -0.1) is 0 Å². The second-order valence-corrected chi connectivity index (χ2v) is 5.96. The predicted octanol–water partition coefficient (Wildman–Crippen LogP) is 3.54. The van der Waals surface area contributed by atoms with E-state index in [4.69, 9.17) is 4.74 Å². The fourth-order valence-corrected chi connectivity index (χ4v) is 2.44. The van der Waals surface area contributed by atoms with Crippen LogP contribution in [0.2, 0.25) is 0 Å². The van der Waals surface area contributed by atoms with Crippen molar-refractivity contribution in [2.45, 2.75) is 32.6 Å². The molecule has 0 fully saturated rings. The number of rotatable bonds is 9. The zero-order chi connectivity index (χ0) is 19.5. The zero-order valence-corrected chi connectivity index (χ0v) is 15.4. The van der Waals surface area contributed by atoms with Crippen molar-refractivity contribution in [3.05, 3.63) is 60.2 Å². The van der Waals surface area contributed by atoms with Gasteiger partial charge in [-0.3, -0.25) is 14.4 Å². The van der Waals surface area contributed by atoms with Gasteiger partial charge in [0, 0.05) is 24.2 Å². The van der Waals surface area contributed by atoms with Crippen LogP contribution in [-0.4, -0.2) is 24.4 Å². The van der Waals surface area contributed by atoms with E-state index in [2.05, 4.69) is 10.6 Å². The molecule has 2 aromatic rings. The second kappa shape index (κ2) is 10.8. The van der Waals surface area contributed by atoms with E-state index in [1.165, 1.54) is 0 Å². The van der Waals surface area contributed by atoms with Crippen LogP contribution in [-0.2, 0) is 25.5 Å². The Balaban J connectivity index is 1.74. The number of amides is 2. The predicted molar refractivity (Wildman–Crippen MR) is 104 cm³/mol. The van der Waals surface area contributed by atoms with Crippen LogP contribution in [0.4, 0.5) is 11.4 Å². The summed E-state index contributed by atoms with van der Waals surface area (Å²) in [5.41, 5.74) is 2.39. The normalized spacial score (nSPS) is 10.1. The molecule has 0 bridgehead atoms. The Hall–Kier alpha value is -3.15. The van der Waals surface area contributed by atoms with E-state index in [0.717, 1.165) is 5.56 Å². The maximum absolute atomic E-state index is 12.0. The first-order chi connectivity index (χ1) is 13.1. The molecule has 2 aromatic carbocycles. The van der Waals surface area contributed by atoms with Crippen molar-refractivity contribution in [2.75, 3.05) is 17.2 Å². The van der Waals surface area contributed by atoms with Crippen molar-refractivity contribution in [3.63, 3.8) is 0 Å². The molecule has 0 heterocycles. The summed E-state index contributed by atoms with van der Waals surface area (Å²) in [6.07, 6.45) is 1.20. The Morgan fingerprint density at radius 1 is 0.778 bits per heavy atom. The summed E-state index contributed by atoms with van der Waals surface area (Å²) in [5.74, 6) is -0.714. The largest absolute Gasteiger partial charge is 0.466 e. The summed E-state index contributed by atoms with van der Waals surface area (Å²) < 4.78 is 4.78. The van der Waals surface area contributed by atoms with E-state index in [9.17, 15) is 14.4 Å². The molecular weight excluding hydrogens is 344 g/mol. The number of carbonyl (C=O) groups excluding carboxylic acids is 3. The summed E-state index contributed by atoms with van der Waals surface area (Å²) in [5, 5.41) is 5.54. The number of anilines is 2. The van der Waals surface area contributed by atoms with Gasteiger partial charge in [0.15, 0.2) is 0 Å². The van der Waals surface area contributed by atoms with Gasteiger partial charge in [0.1, 0.15) is 0 Å². The maximum atomic E-state index is 12.0. The van der Waals surface area contributed by atoms with Crippen molar-refractivity contribution in [1.82, 2.24) is 0 Å². The molecule has 0 spiro atoms. The summed E-state index contributed by atoms with van der Waals surface area (Å²) in [6, 6.07) is 16.7. The van der Waals surface area contributed by atoms with E-state index < -0.39 is 0 Å². The first-order valence-electron chi connectivity index (χ1n) is 8.96. The Bertz CT molecular complexity index is 758. The molecule has 0 saturated heterocycles. The molecule has 2 rings (SSSR count). The van der Waals surface area contributed by atoms with E-state index in [-0.39, 0.29) is 30.6 Å². The number of esters is 1. The van der Waals surface area contributed by atoms with Gasteiger partial charge < -0.3 is 15.4 Å². The van der Waals surface area contributed by atoms with Gasteiger partial charge in [-0.25, -0.2) is 0 Å². The van der Waals surface area contributed by atoms with Gasteiger partial charge in [-0.05, 0) is 43.2 Å². The van der Waals surface area contributed by atoms with Crippen LogP contribution in [0.25, 0.3) is 0 Å². The van der Waals surface area contributed by atoms with Crippen LogP contribution in [0.3, 0.4) is 0 Å². The van der Waals surface area contributed by atoms with Gasteiger partial charge >= 0.3 is 5.97 Å². The van der Waals surface area contributed by atoms with E-state index >= 15 is 0 Å². The monoisotopic (exact) mass is 368 g/mol. The lowest BCUT2D eigenvalue weighted by atomic mass is 10.1. The van der Waals surface area contributed by atoms with Crippen LogP contribution in [0, 0.1) is 0 Å². The number of hydrogen-bond acceptors (Lipinski definition) is 4. The topological polar surface area (TPSA) is 84.5 Å². The molecule has 6 heteroatoms. The standard InChI is InChI=1S/C21H24N2O4/c1-2-27-21(26)15-14-20(25)23-18-11-9-17(10-12-18)22-19(24)13-8-16-6-4-3-5-7-16/h3-7,9-12H,2,8,13-15H2,1H3,(H,22,24)(H,23,25). The molecule has 0 atom stereocenters. The first kappa shape index (κ1) is 20.2. The van der Waals surface area contributed by atoms with E-state index in [1.807, 2.05) is 30.3 Å². The lowest BCUT2D eigenvalue weighted by molar-refractivity contribution is -0.144. The molecule has 142 valence electrons. The molecule has 27 heavy (non-hydrogen) atoms. The van der Waals surface area contributed by atoms with Crippen molar-refractivity contribution >= 4 is 29.2 Å². The SMILES string of the molecule is CCOC(=O)CCC(=O)Nc1ccc(NC(=O)CCc2ccccc2)cc1. The molecule has 0 aliphatic heterocycles. The Morgan fingerprint density at radius 3 is 1.89 bits per heavy atom. The number of hydrogen-bond donors (Lipinski definition) is 2. The fraction of sp³-hybridized carbons (Fsp3) is 0.286. The van der Waals surface area contributed by atoms with Gasteiger partial charge in [0.25, 0.3) is 0 Å². The summed E-state index contributed by atoms with van der Waals surface area (Å²) in [4.78, 5) is 35.1. The minimum atomic E-state index is -0.388. The molecule has 2 N–H and O–H groups in total. The van der Waals surface area contributed by atoms with Gasteiger partial charge in [0.05, 0.1) is 13.0 Å². The third-order valence-electron chi connectivity index (χ3n) is 3.80. The minimum absolute atomic E-state index is 0.0508. The Morgan fingerprint density at radius 2 is 1.33 bits per heavy atom. The molecule has 2 amide bonds. The number of ether oxygens (including phenoxy) is 1. The van der Waals surface area contributed by atoms with Crippen molar-refractivity contribution in [2.24, 2.45) is 0 Å². The molecule has 0 saturated carbocycles. The lowest BCUT2D eigenvalue weighted by Gasteiger charge is -2.08. The van der Waals surface area contributed by atoms with E-state index in [1.54, 1.807) is 31.2 Å². The molecular formula is C21H24N2O4. The highest BCUT2D eigenvalue weighted by Gasteiger charge is 2.08. The minimum Gasteiger partial charge on any atom is -0.466 e. The van der Waals surface area contributed by atoms with Crippen molar-refractivity contribution in [1.29, 1.82) is 0 Å². The van der Waals surface area contributed by atoms with Crippen molar-refractivity contribution < 1.29 is 19.1 Å². The highest BCUT2D eigenvalue weighted by atomic mass is 16.5. The summed E-state index contributed by atoms with van der Waals surface area (Å²) in [6.45, 7) is 2.03. The first-order valence-corrected chi connectivity index (χ1v) is 8.96. The molecule has 0 aliphatic rings. The van der Waals surface area contributed by atoms with Crippen molar-refractivity contribution in [3.8, 4) is 0 Å². The highest BCUT2D eigenvalue weighted by molar-refractivity contribution is 5.94. The number of nitrogens with one attached hydrogen (secondary N) is 2. The molecule has 0 unspecified atom stereocenters. The zero-order valence-electron chi connectivity index (χ0n) is 15.4. The van der Waals surface area contributed by atoms with Crippen LogP contribution in [0.5, 0.6) is 0 Å². The van der Waals surface area contributed by atoms with Crippen LogP contribution in [0.1, 0.15) is 31.7 Å². The summed E-state index contributed by atoms with van der Waals surface area (Å²) in [7, 11) is 0.